The fraction of sp³-hybridized carbons (Fsp3) is 0.750. The van der Waals surface area contributed by atoms with Crippen molar-refractivity contribution in [2.24, 2.45) is 0 Å². The zero-order valence-electron chi connectivity index (χ0n) is 14.9. The van der Waals surface area contributed by atoms with Crippen molar-refractivity contribution in [1.29, 1.82) is 0 Å². The maximum Gasteiger partial charge on any atom is 0.272 e. The normalized spacial score (nSPS) is 22.6. The standard InChI is InChI=1S/C16H27N5O3S/c1-20-10-7-14-13(11-20)15(19-18-14)16(22)17-8-6-12-5-3-4-9-21(12)25(2,23)24/h12H,3-11H2,1-2H3,(H,17,22)(H,18,19)/t12-/m1/s1. The van der Waals surface area contributed by atoms with Crippen LogP contribution in [0.25, 0.3) is 0 Å². The van der Waals surface area contributed by atoms with E-state index in [2.05, 4.69) is 20.4 Å². The summed E-state index contributed by atoms with van der Waals surface area (Å²) in [7, 11) is -1.16. The summed E-state index contributed by atoms with van der Waals surface area (Å²) in [4.78, 5) is 14.6. The maximum atomic E-state index is 12.5. The average Bonchev–Trinajstić information content (AvgIpc) is 2.97. The minimum Gasteiger partial charge on any atom is -0.351 e. The van der Waals surface area contributed by atoms with Crippen LogP contribution in [0, 0.1) is 0 Å². The van der Waals surface area contributed by atoms with Crippen molar-refractivity contribution >= 4 is 15.9 Å². The van der Waals surface area contributed by atoms with Gasteiger partial charge in [-0.1, -0.05) is 6.42 Å². The van der Waals surface area contributed by atoms with E-state index in [0.29, 0.717) is 25.2 Å². The molecule has 3 rings (SSSR count). The zero-order chi connectivity index (χ0) is 18.0. The number of aromatic amines is 1. The van der Waals surface area contributed by atoms with Crippen LogP contribution in [0.3, 0.4) is 0 Å². The zero-order valence-corrected chi connectivity index (χ0v) is 15.7. The molecule has 8 nitrogen and oxygen atoms in total. The Morgan fingerprint density at radius 1 is 1.36 bits per heavy atom. The van der Waals surface area contributed by atoms with Crippen LogP contribution in [0.1, 0.15) is 47.4 Å². The number of H-pyrrole nitrogens is 1. The average molecular weight is 369 g/mol. The van der Waals surface area contributed by atoms with Gasteiger partial charge >= 0.3 is 0 Å². The van der Waals surface area contributed by atoms with Crippen molar-refractivity contribution in [1.82, 2.24) is 24.7 Å². The van der Waals surface area contributed by atoms with Gasteiger partial charge in [0.25, 0.3) is 5.91 Å². The predicted molar refractivity (Wildman–Crippen MR) is 94.8 cm³/mol. The fourth-order valence-electron chi connectivity index (χ4n) is 3.75. The number of hydrogen-bond acceptors (Lipinski definition) is 5. The molecule has 1 fully saturated rings. The van der Waals surface area contributed by atoms with Gasteiger partial charge < -0.3 is 10.2 Å². The number of likely N-dealkylation sites (N-methyl/N-ethyl adjacent to an activating group) is 1. The molecule has 0 bridgehead atoms. The van der Waals surface area contributed by atoms with Crippen LogP contribution in [-0.2, 0) is 23.0 Å². The van der Waals surface area contributed by atoms with Gasteiger partial charge in [0.1, 0.15) is 0 Å². The molecule has 1 atom stereocenters. The van der Waals surface area contributed by atoms with E-state index in [1.54, 1.807) is 4.31 Å². The van der Waals surface area contributed by atoms with Crippen molar-refractivity contribution in [3.63, 3.8) is 0 Å². The van der Waals surface area contributed by atoms with Crippen molar-refractivity contribution < 1.29 is 13.2 Å². The third-order valence-corrected chi connectivity index (χ3v) is 6.43. The molecule has 0 radical (unpaired) electrons. The molecule has 2 aliphatic heterocycles. The van der Waals surface area contributed by atoms with E-state index in [0.717, 1.165) is 50.0 Å². The molecule has 140 valence electrons. The SMILES string of the molecule is CN1CCc2[nH]nc(C(=O)NCC[C@H]3CCCCN3S(C)(=O)=O)c2C1. The Kier molecular flexibility index (Phi) is 5.45. The Labute approximate surface area is 149 Å². The van der Waals surface area contributed by atoms with Crippen LogP contribution >= 0.6 is 0 Å². The van der Waals surface area contributed by atoms with Crippen molar-refractivity contribution in [3.8, 4) is 0 Å². The Hall–Kier alpha value is -1.45. The smallest absolute Gasteiger partial charge is 0.272 e. The molecule has 0 spiro atoms. The number of aromatic nitrogens is 2. The Morgan fingerprint density at radius 2 is 2.16 bits per heavy atom. The van der Waals surface area contributed by atoms with Crippen LogP contribution in [-0.4, -0.2) is 72.7 Å². The molecule has 0 unspecified atom stereocenters. The van der Waals surface area contributed by atoms with Crippen LogP contribution in [0.5, 0.6) is 0 Å². The van der Waals surface area contributed by atoms with Gasteiger partial charge in [0, 0.05) is 49.9 Å². The number of sulfonamides is 1. The third-order valence-electron chi connectivity index (χ3n) is 5.10. The highest BCUT2D eigenvalue weighted by atomic mass is 32.2. The van der Waals surface area contributed by atoms with E-state index >= 15 is 0 Å². The summed E-state index contributed by atoms with van der Waals surface area (Å²) in [6.07, 6.45) is 5.55. The van der Waals surface area contributed by atoms with E-state index < -0.39 is 10.0 Å². The third kappa shape index (κ3) is 4.21. The molecular weight excluding hydrogens is 342 g/mol. The highest BCUT2D eigenvalue weighted by Gasteiger charge is 2.29. The number of fused-ring (bicyclic) bond motifs is 1. The predicted octanol–water partition coefficient (Wildman–Crippen LogP) is 0.332. The number of nitrogens with one attached hydrogen (secondary N) is 2. The number of carbonyl (C=O) groups is 1. The summed E-state index contributed by atoms with van der Waals surface area (Å²) in [6.45, 7) is 2.71. The van der Waals surface area contributed by atoms with Gasteiger partial charge in [-0.3, -0.25) is 9.89 Å². The van der Waals surface area contributed by atoms with Gasteiger partial charge in [0.05, 0.1) is 6.26 Å². The van der Waals surface area contributed by atoms with E-state index in [1.165, 1.54) is 6.26 Å². The molecule has 1 amide bonds. The maximum absolute atomic E-state index is 12.5. The molecule has 3 heterocycles. The summed E-state index contributed by atoms with van der Waals surface area (Å²) in [6, 6.07) is -0.0247. The van der Waals surface area contributed by atoms with Gasteiger partial charge in [-0.05, 0) is 26.3 Å². The summed E-state index contributed by atoms with van der Waals surface area (Å²) >= 11 is 0. The number of rotatable bonds is 5. The molecule has 9 heteroatoms. The van der Waals surface area contributed by atoms with Crippen molar-refractivity contribution in [3.05, 3.63) is 17.0 Å². The first kappa shape index (κ1) is 18.3. The summed E-state index contributed by atoms with van der Waals surface area (Å²) < 4.78 is 25.4. The second-order valence-corrected chi connectivity index (χ2v) is 9.02. The highest BCUT2D eigenvalue weighted by Crippen LogP contribution is 2.22. The van der Waals surface area contributed by atoms with E-state index in [4.69, 9.17) is 0 Å². The molecule has 1 aromatic rings. The Morgan fingerprint density at radius 3 is 2.92 bits per heavy atom. The number of hydrogen-bond donors (Lipinski definition) is 2. The van der Waals surface area contributed by atoms with Gasteiger partial charge in [0.15, 0.2) is 5.69 Å². The lowest BCUT2D eigenvalue weighted by Gasteiger charge is -2.33. The summed E-state index contributed by atoms with van der Waals surface area (Å²) in [5.74, 6) is -0.186. The lowest BCUT2D eigenvalue weighted by atomic mass is 10.0. The van der Waals surface area contributed by atoms with Crippen molar-refractivity contribution in [2.75, 3.05) is 32.9 Å². The highest BCUT2D eigenvalue weighted by molar-refractivity contribution is 7.88. The second kappa shape index (κ2) is 7.43. The first-order valence-electron chi connectivity index (χ1n) is 8.86. The molecular formula is C16H27N5O3S. The molecule has 0 aromatic carbocycles. The molecule has 2 aliphatic rings. The number of carbonyl (C=O) groups excluding carboxylic acids is 1. The summed E-state index contributed by atoms with van der Waals surface area (Å²) in [5, 5.41) is 10.1. The number of piperidine rings is 1. The van der Waals surface area contributed by atoms with Crippen LogP contribution in [0.15, 0.2) is 0 Å². The summed E-state index contributed by atoms with van der Waals surface area (Å²) in [5.41, 5.74) is 2.48. The van der Waals surface area contributed by atoms with Gasteiger partial charge in [-0.25, -0.2) is 8.42 Å². The van der Waals surface area contributed by atoms with Gasteiger partial charge in [-0.15, -0.1) is 0 Å². The number of amides is 1. The monoisotopic (exact) mass is 369 g/mol. The fourth-order valence-corrected chi connectivity index (χ4v) is 4.97. The first-order chi connectivity index (χ1) is 11.9. The quantitative estimate of drug-likeness (QED) is 0.779. The lowest BCUT2D eigenvalue weighted by molar-refractivity contribution is 0.0942. The van der Waals surface area contributed by atoms with Crippen LogP contribution < -0.4 is 5.32 Å². The molecule has 2 N–H and O–H groups in total. The van der Waals surface area contributed by atoms with E-state index in [1.807, 2.05) is 7.05 Å². The number of nitrogens with zero attached hydrogens (tertiary/aromatic N) is 3. The van der Waals surface area contributed by atoms with Crippen molar-refractivity contribution in [2.45, 2.75) is 44.7 Å². The van der Waals surface area contributed by atoms with Gasteiger partial charge in [-0.2, -0.15) is 9.40 Å². The van der Waals surface area contributed by atoms with Crippen LogP contribution in [0.4, 0.5) is 0 Å². The molecule has 1 aromatic heterocycles. The molecule has 25 heavy (non-hydrogen) atoms. The lowest BCUT2D eigenvalue weighted by Crippen LogP contribution is -2.44. The van der Waals surface area contributed by atoms with E-state index in [9.17, 15) is 13.2 Å². The molecule has 0 aliphatic carbocycles. The molecule has 1 saturated heterocycles. The minimum atomic E-state index is -3.19. The van der Waals surface area contributed by atoms with E-state index in [-0.39, 0.29) is 11.9 Å². The largest absolute Gasteiger partial charge is 0.351 e. The second-order valence-electron chi connectivity index (χ2n) is 7.08. The topological polar surface area (TPSA) is 98.4 Å². The Balaban J connectivity index is 1.57. The minimum absolute atomic E-state index is 0.0247. The van der Waals surface area contributed by atoms with Crippen LogP contribution in [0.2, 0.25) is 0 Å². The first-order valence-corrected chi connectivity index (χ1v) is 10.7. The Bertz CT molecular complexity index is 730. The molecule has 0 saturated carbocycles. The van der Waals surface area contributed by atoms with Gasteiger partial charge in [0.2, 0.25) is 10.0 Å².